The molecule has 1 N–H and O–H groups in total. The first-order valence-corrected chi connectivity index (χ1v) is 6.99. The number of amides is 1. The Morgan fingerprint density at radius 2 is 2.20 bits per heavy atom. The molecular weight excluding hydrogens is 250 g/mol. The Morgan fingerprint density at radius 1 is 1.25 bits per heavy atom. The summed E-state index contributed by atoms with van der Waals surface area (Å²) in [5.41, 5.74) is 3.73. The molecule has 2 aromatic rings. The lowest BCUT2D eigenvalue weighted by Gasteiger charge is -2.10. The van der Waals surface area contributed by atoms with Crippen LogP contribution in [0.4, 0.5) is 0 Å². The summed E-state index contributed by atoms with van der Waals surface area (Å²) in [5.74, 6) is 0.967. The van der Waals surface area contributed by atoms with Gasteiger partial charge < -0.3 is 9.88 Å². The molecule has 20 heavy (non-hydrogen) atoms. The number of para-hydroxylation sites is 1. The number of benzene rings is 1. The molecule has 0 saturated heterocycles. The summed E-state index contributed by atoms with van der Waals surface area (Å²) in [7, 11) is 0. The summed E-state index contributed by atoms with van der Waals surface area (Å²) in [6.07, 6.45) is 8.69. The molecule has 0 atom stereocenters. The molecule has 0 bridgehead atoms. The number of aromatic nitrogens is 2. The molecule has 4 nitrogen and oxygen atoms in total. The number of carbonyl (C=O) groups excluding carboxylic acids is 1. The minimum Gasteiger partial charge on any atom is -0.350 e. The third-order valence-electron chi connectivity index (χ3n) is 3.89. The van der Waals surface area contributed by atoms with Crippen LogP contribution in [0.3, 0.4) is 0 Å². The number of allylic oxidation sites excluding steroid dienone is 4. The van der Waals surface area contributed by atoms with Gasteiger partial charge in [-0.3, -0.25) is 4.79 Å². The van der Waals surface area contributed by atoms with E-state index in [1.165, 1.54) is 0 Å². The van der Waals surface area contributed by atoms with Gasteiger partial charge in [0.2, 0.25) is 0 Å². The number of hydrogen-bond donors (Lipinski definition) is 1. The van der Waals surface area contributed by atoms with Crippen molar-refractivity contribution in [2.75, 3.05) is 6.54 Å². The first-order valence-electron chi connectivity index (χ1n) is 6.99. The van der Waals surface area contributed by atoms with Gasteiger partial charge in [0.1, 0.15) is 5.82 Å². The van der Waals surface area contributed by atoms with Crippen LogP contribution in [0.25, 0.3) is 16.6 Å². The van der Waals surface area contributed by atoms with Crippen LogP contribution in [0.15, 0.2) is 36.4 Å². The van der Waals surface area contributed by atoms with E-state index in [9.17, 15) is 4.79 Å². The highest BCUT2D eigenvalue weighted by Gasteiger charge is 2.21. The normalized spacial score (nSPS) is 17.8. The molecule has 0 fully saturated rings. The Labute approximate surface area is 116 Å². The van der Waals surface area contributed by atoms with E-state index in [-0.39, 0.29) is 5.91 Å². The van der Waals surface area contributed by atoms with Gasteiger partial charge in [0.05, 0.1) is 16.6 Å². The van der Waals surface area contributed by atoms with Gasteiger partial charge in [0.15, 0.2) is 0 Å². The third-order valence-corrected chi connectivity index (χ3v) is 3.89. The second kappa shape index (κ2) is 4.34. The largest absolute Gasteiger partial charge is 0.350 e. The molecule has 0 spiro atoms. The van der Waals surface area contributed by atoms with Crippen molar-refractivity contribution in [3.63, 3.8) is 0 Å². The highest BCUT2D eigenvalue weighted by atomic mass is 16.1. The zero-order valence-corrected chi connectivity index (χ0v) is 11.1. The molecule has 2 heterocycles. The van der Waals surface area contributed by atoms with E-state index >= 15 is 0 Å². The van der Waals surface area contributed by atoms with Crippen LogP contribution in [0.1, 0.15) is 29.0 Å². The van der Waals surface area contributed by atoms with E-state index in [4.69, 9.17) is 4.98 Å². The lowest BCUT2D eigenvalue weighted by molar-refractivity contribution is 0.0956. The average molecular weight is 265 g/mol. The average Bonchev–Trinajstić information content (AvgIpc) is 2.78. The Hall–Kier alpha value is -2.36. The van der Waals surface area contributed by atoms with Gasteiger partial charge in [-0.15, -0.1) is 0 Å². The third kappa shape index (κ3) is 1.61. The minimum absolute atomic E-state index is 0.00559. The predicted octanol–water partition coefficient (Wildman–Crippen LogP) is 2.51. The molecule has 1 aliphatic heterocycles. The van der Waals surface area contributed by atoms with Crippen LogP contribution < -0.4 is 5.32 Å². The lowest BCUT2D eigenvalue weighted by Crippen LogP contribution is -2.24. The van der Waals surface area contributed by atoms with E-state index in [2.05, 4.69) is 28.1 Å². The number of nitrogens with zero attached hydrogens (tertiary/aromatic N) is 2. The van der Waals surface area contributed by atoms with Crippen molar-refractivity contribution in [3.05, 3.63) is 47.8 Å². The van der Waals surface area contributed by atoms with Gasteiger partial charge >= 0.3 is 0 Å². The van der Waals surface area contributed by atoms with Gasteiger partial charge in [0, 0.05) is 18.7 Å². The Morgan fingerprint density at radius 3 is 3.05 bits per heavy atom. The fourth-order valence-electron chi connectivity index (χ4n) is 2.96. The molecule has 1 aromatic carbocycles. The van der Waals surface area contributed by atoms with E-state index in [1.807, 2.05) is 18.2 Å². The Kier molecular flexibility index (Phi) is 2.49. The van der Waals surface area contributed by atoms with E-state index in [0.29, 0.717) is 6.54 Å². The maximum atomic E-state index is 12.1. The summed E-state index contributed by atoms with van der Waals surface area (Å²) in [4.78, 5) is 16.8. The molecule has 4 heteroatoms. The van der Waals surface area contributed by atoms with Crippen LogP contribution >= 0.6 is 0 Å². The second-order valence-electron chi connectivity index (χ2n) is 5.16. The number of rotatable bonds is 1. The molecule has 1 aromatic heterocycles. The van der Waals surface area contributed by atoms with Crippen LogP contribution in [0, 0.1) is 0 Å². The van der Waals surface area contributed by atoms with Crippen molar-refractivity contribution in [2.24, 2.45) is 0 Å². The van der Waals surface area contributed by atoms with Gasteiger partial charge in [0.25, 0.3) is 5.91 Å². The van der Waals surface area contributed by atoms with Gasteiger partial charge in [-0.05, 0) is 25.0 Å². The molecule has 100 valence electrons. The van der Waals surface area contributed by atoms with Crippen molar-refractivity contribution in [1.82, 2.24) is 14.9 Å². The standard InChI is InChI=1S/C16H15N3O/c20-16-12-7-4-8-13-14(12)19(10-9-17-16)15(18-13)11-5-2-1-3-6-11/h2,4-8H,1,3,9-10H2,(H,17,20). The van der Waals surface area contributed by atoms with Gasteiger partial charge in [-0.1, -0.05) is 24.3 Å². The molecule has 0 radical (unpaired) electrons. The molecule has 4 rings (SSSR count). The Balaban J connectivity index is 2.01. The summed E-state index contributed by atoms with van der Waals surface area (Å²) in [5, 5.41) is 2.94. The first-order chi connectivity index (χ1) is 9.84. The van der Waals surface area contributed by atoms with Crippen LogP contribution in [-0.4, -0.2) is 22.0 Å². The smallest absolute Gasteiger partial charge is 0.253 e. The van der Waals surface area contributed by atoms with E-state index in [1.54, 1.807) is 0 Å². The van der Waals surface area contributed by atoms with Crippen LogP contribution in [0.5, 0.6) is 0 Å². The van der Waals surface area contributed by atoms with Gasteiger partial charge in [-0.2, -0.15) is 0 Å². The summed E-state index contributed by atoms with van der Waals surface area (Å²) < 4.78 is 2.17. The minimum atomic E-state index is -0.00559. The summed E-state index contributed by atoms with van der Waals surface area (Å²) in [6.45, 7) is 1.41. The molecule has 2 aliphatic rings. The van der Waals surface area contributed by atoms with Crippen LogP contribution in [0.2, 0.25) is 0 Å². The molecule has 0 saturated carbocycles. The zero-order valence-electron chi connectivity index (χ0n) is 11.1. The highest BCUT2D eigenvalue weighted by Crippen LogP contribution is 2.28. The van der Waals surface area contributed by atoms with E-state index < -0.39 is 0 Å². The number of imidazole rings is 1. The fourth-order valence-corrected chi connectivity index (χ4v) is 2.96. The summed E-state index contributed by atoms with van der Waals surface area (Å²) in [6, 6.07) is 5.75. The number of nitrogens with one attached hydrogen (secondary N) is 1. The SMILES string of the molecule is O=C1NCCn2c(C3=CCCC=C3)nc3cccc1c32. The summed E-state index contributed by atoms with van der Waals surface area (Å²) >= 11 is 0. The molecule has 1 amide bonds. The second-order valence-corrected chi connectivity index (χ2v) is 5.16. The highest BCUT2D eigenvalue weighted by molar-refractivity contribution is 6.06. The van der Waals surface area contributed by atoms with Crippen molar-refractivity contribution in [2.45, 2.75) is 19.4 Å². The number of carbonyl (C=O) groups is 1. The topological polar surface area (TPSA) is 46.9 Å². The van der Waals surface area contributed by atoms with E-state index in [0.717, 1.165) is 47.4 Å². The first kappa shape index (κ1) is 11.5. The molecular formula is C16H15N3O. The maximum absolute atomic E-state index is 12.1. The van der Waals surface area contributed by atoms with Crippen LogP contribution in [-0.2, 0) is 6.54 Å². The Bertz CT molecular complexity index is 767. The van der Waals surface area contributed by atoms with Crippen molar-refractivity contribution in [1.29, 1.82) is 0 Å². The number of hydrogen-bond acceptors (Lipinski definition) is 2. The van der Waals surface area contributed by atoms with Crippen molar-refractivity contribution in [3.8, 4) is 0 Å². The van der Waals surface area contributed by atoms with Crippen molar-refractivity contribution < 1.29 is 4.79 Å². The molecule has 1 aliphatic carbocycles. The molecule has 0 unspecified atom stereocenters. The zero-order chi connectivity index (χ0) is 13.5. The monoisotopic (exact) mass is 265 g/mol. The quantitative estimate of drug-likeness (QED) is 0.861. The van der Waals surface area contributed by atoms with Gasteiger partial charge in [-0.25, -0.2) is 4.98 Å². The maximum Gasteiger partial charge on any atom is 0.253 e. The lowest BCUT2D eigenvalue weighted by atomic mass is 10.1. The predicted molar refractivity (Wildman–Crippen MR) is 78.4 cm³/mol. The fraction of sp³-hybridized carbons (Fsp3) is 0.250. The van der Waals surface area contributed by atoms with Crippen molar-refractivity contribution >= 4 is 22.5 Å².